The number of nitriles is 1. The summed E-state index contributed by atoms with van der Waals surface area (Å²) in [4.78, 5) is 11.8. The van der Waals surface area contributed by atoms with E-state index in [-0.39, 0.29) is 5.91 Å². The molecule has 0 aliphatic carbocycles. The molecule has 1 unspecified atom stereocenters. The maximum atomic E-state index is 11.8. The van der Waals surface area contributed by atoms with Gasteiger partial charge >= 0.3 is 0 Å². The Bertz CT molecular complexity index is 452. The molecule has 3 nitrogen and oxygen atoms in total. The van der Waals surface area contributed by atoms with E-state index in [4.69, 9.17) is 5.26 Å². The molecule has 0 bridgehead atoms. The van der Waals surface area contributed by atoms with E-state index in [9.17, 15) is 4.79 Å². The molecule has 1 N–H and O–H groups in total. The molecule has 1 amide bonds. The molecule has 1 aromatic rings. The van der Waals surface area contributed by atoms with Crippen LogP contribution in [-0.4, -0.2) is 11.7 Å². The zero-order valence-corrected chi connectivity index (χ0v) is 9.10. The van der Waals surface area contributed by atoms with Gasteiger partial charge in [-0.3, -0.25) is 4.79 Å². The first-order chi connectivity index (χ1) is 7.18. The number of benzene rings is 1. The largest absolute Gasteiger partial charge is 0.325 e. The Morgan fingerprint density at radius 1 is 1.53 bits per heavy atom. The van der Waals surface area contributed by atoms with Crippen LogP contribution >= 0.6 is 11.8 Å². The number of amides is 1. The predicted molar refractivity (Wildman–Crippen MR) is 60.5 cm³/mol. The zero-order valence-electron chi connectivity index (χ0n) is 8.28. The lowest BCUT2D eigenvalue weighted by Gasteiger charge is -2.19. The number of hydrogen-bond acceptors (Lipinski definition) is 3. The molecule has 1 aromatic carbocycles. The van der Waals surface area contributed by atoms with E-state index in [0.717, 1.165) is 23.0 Å². The highest BCUT2D eigenvalue weighted by Crippen LogP contribution is 2.39. The van der Waals surface area contributed by atoms with E-state index < -0.39 is 5.41 Å². The van der Waals surface area contributed by atoms with Crippen molar-refractivity contribution in [2.75, 3.05) is 11.1 Å². The zero-order chi connectivity index (χ0) is 10.9. The van der Waals surface area contributed by atoms with Crippen molar-refractivity contribution in [2.45, 2.75) is 12.3 Å². The minimum atomic E-state index is -0.572. The Morgan fingerprint density at radius 3 is 3.00 bits per heavy atom. The molecule has 1 heterocycles. The first-order valence-corrected chi connectivity index (χ1v) is 5.59. The molecule has 0 radical (unpaired) electrons. The van der Waals surface area contributed by atoms with Crippen molar-refractivity contribution in [1.82, 2.24) is 0 Å². The Kier molecular flexibility index (Phi) is 2.41. The van der Waals surface area contributed by atoms with Gasteiger partial charge in [-0.05, 0) is 30.3 Å². The molecule has 4 heteroatoms. The topological polar surface area (TPSA) is 52.9 Å². The maximum Gasteiger partial charge on any atom is 0.235 e. The standard InChI is InChI=1S/C11H10N2OS/c1-11(6-15-7-12)8-4-2-3-5-9(8)13-10(11)14/h2-5H,6H2,1H3,(H,13,14). The molecule has 0 spiro atoms. The molecule has 1 atom stereocenters. The van der Waals surface area contributed by atoms with E-state index in [0.29, 0.717) is 5.75 Å². The maximum absolute atomic E-state index is 11.8. The van der Waals surface area contributed by atoms with Crippen LogP contribution in [0.4, 0.5) is 5.69 Å². The van der Waals surface area contributed by atoms with Crippen molar-refractivity contribution in [3.8, 4) is 5.40 Å². The van der Waals surface area contributed by atoms with E-state index in [1.807, 2.05) is 36.6 Å². The number of rotatable bonds is 2. The number of para-hydroxylation sites is 1. The number of hydrogen-bond donors (Lipinski definition) is 1. The molecule has 15 heavy (non-hydrogen) atoms. The van der Waals surface area contributed by atoms with Gasteiger partial charge in [-0.15, -0.1) is 0 Å². The van der Waals surface area contributed by atoms with E-state index in [1.165, 1.54) is 0 Å². The van der Waals surface area contributed by atoms with Crippen molar-refractivity contribution >= 4 is 23.4 Å². The second-order valence-corrected chi connectivity index (χ2v) is 4.47. The van der Waals surface area contributed by atoms with Crippen LogP contribution in [0.3, 0.4) is 0 Å². The fourth-order valence-corrected chi connectivity index (χ4v) is 2.42. The Balaban J connectivity index is 2.41. The highest BCUT2D eigenvalue weighted by Gasteiger charge is 2.42. The van der Waals surface area contributed by atoms with Gasteiger partial charge in [-0.25, -0.2) is 0 Å². The van der Waals surface area contributed by atoms with Crippen LogP contribution in [0.2, 0.25) is 0 Å². The monoisotopic (exact) mass is 218 g/mol. The lowest BCUT2D eigenvalue weighted by molar-refractivity contribution is -0.119. The summed E-state index contributed by atoms with van der Waals surface area (Å²) in [5, 5.41) is 13.4. The third kappa shape index (κ3) is 1.49. The lowest BCUT2D eigenvalue weighted by atomic mass is 9.86. The van der Waals surface area contributed by atoms with Crippen LogP contribution in [0.15, 0.2) is 24.3 Å². The number of thioether (sulfide) groups is 1. The van der Waals surface area contributed by atoms with Crippen molar-refractivity contribution in [1.29, 1.82) is 5.26 Å². The number of carbonyl (C=O) groups excluding carboxylic acids is 1. The number of fused-ring (bicyclic) bond motifs is 1. The molecule has 1 aliphatic heterocycles. The normalized spacial score (nSPS) is 23.1. The van der Waals surface area contributed by atoms with Crippen LogP contribution in [0, 0.1) is 10.7 Å². The average molecular weight is 218 g/mol. The Labute approximate surface area is 92.5 Å². The van der Waals surface area contributed by atoms with Crippen LogP contribution in [-0.2, 0) is 10.2 Å². The van der Waals surface area contributed by atoms with Crippen LogP contribution in [0.5, 0.6) is 0 Å². The summed E-state index contributed by atoms with van der Waals surface area (Å²) in [5.41, 5.74) is 1.28. The van der Waals surface area contributed by atoms with Gasteiger partial charge < -0.3 is 5.32 Å². The number of nitrogens with zero attached hydrogens (tertiary/aromatic N) is 1. The van der Waals surface area contributed by atoms with E-state index in [1.54, 1.807) is 0 Å². The third-order valence-corrected chi connectivity index (χ3v) is 3.55. The molecule has 0 saturated carbocycles. The molecular weight excluding hydrogens is 208 g/mol. The minimum Gasteiger partial charge on any atom is -0.325 e. The molecule has 0 saturated heterocycles. The molecule has 1 aliphatic rings. The predicted octanol–water partition coefficient (Wildman–Crippen LogP) is 2.11. The van der Waals surface area contributed by atoms with Gasteiger partial charge in [0.1, 0.15) is 5.40 Å². The smallest absolute Gasteiger partial charge is 0.235 e. The molecule has 0 aromatic heterocycles. The van der Waals surface area contributed by atoms with Gasteiger partial charge in [0.15, 0.2) is 0 Å². The second-order valence-electron chi connectivity index (χ2n) is 3.71. The number of anilines is 1. The number of thiocyanates is 1. The van der Waals surface area contributed by atoms with Gasteiger partial charge in [0.25, 0.3) is 0 Å². The summed E-state index contributed by atoms with van der Waals surface area (Å²) >= 11 is 1.12. The third-order valence-electron chi connectivity index (χ3n) is 2.70. The quantitative estimate of drug-likeness (QED) is 0.773. The highest BCUT2D eigenvalue weighted by atomic mass is 32.2. The van der Waals surface area contributed by atoms with Crippen molar-refractivity contribution in [3.63, 3.8) is 0 Å². The molecule has 2 rings (SSSR count). The highest BCUT2D eigenvalue weighted by molar-refractivity contribution is 8.03. The van der Waals surface area contributed by atoms with Crippen LogP contribution in [0.1, 0.15) is 12.5 Å². The molecular formula is C11H10N2OS. The summed E-state index contributed by atoms with van der Waals surface area (Å²) in [6, 6.07) is 7.62. The SMILES string of the molecule is CC1(CSC#N)C(=O)Nc2ccccc21. The second kappa shape index (κ2) is 3.59. The van der Waals surface area contributed by atoms with Gasteiger partial charge in [0.2, 0.25) is 5.91 Å². The van der Waals surface area contributed by atoms with Crippen molar-refractivity contribution in [3.05, 3.63) is 29.8 Å². The van der Waals surface area contributed by atoms with Crippen molar-refractivity contribution < 1.29 is 4.79 Å². The fourth-order valence-electron chi connectivity index (χ4n) is 1.78. The van der Waals surface area contributed by atoms with E-state index in [2.05, 4.69) is 5.32 Å². The van der Waals surface area contributed by atoms with Crippen molar-refractivity contribution in [2.24, 2.45) is 0 Å². The summed E-state index contributed by atoms with van der Waals surface area (Å²) in [7, 11) is 0. The summed E-state index contributed by atoms with van der Waals surface area (Å²) in [6.07, 6.45) is 0. The van der Waals surface area contributed by atoms with Crippen LogP contribution < -0.4 is 5.32 Å². The van der Waals surface area contributed by atoms with Gasteiger partial charge in [-0.2, -0.15) is 5.26 Å². The molecule has 76 valence electrons. The van der Waals surface area contributed by atoms with Gasteiger partial charge in [0.05, 0.1) is 5.41 Å². The van der Waals surface area contributed by atoms with Crippen LogP contribution in [0.25, 0.3) is 0 Å². The van der Waals surface area contributed by atoms with Gasteiger partial charge in [-0.1, -0.05) is 18.2 Å². The average Bonchev–Trinajstić information content (AvgIpc) is 2.50. The van der Waals surface area contributed by atoms with Gasteiger partial charge in [0, 0.05) is 11.4 Å². The fraction of sp³-hybridized carbons (Fsp3) is 0.273. The van der Waals surface area contributed by atoms with E-state index >= 15 is 0 Å². The first-order valence-electron chi connectivity index (χ1n) is 4.60. The summed E-state index contributed by atoms with van der Waals surface area (Å²) in [6.45, 7) is 1.87. The lowest BCUT2D eigenvalue weighted by Crippen LogP contribution is -2.33. The number of carbonyl (C=O) groups is 1. The number of nitrogens with one attached hydrogen (secondary N) is 1. The Hall–Kier alpha value is -1.47. The Morgan fingerprint density at radius 2 is 2.27 bits per heavy atom. The summed E-state index contributed by atoms with van der Waals surface area (Å²) < 4.78 is 0. The first kappa shape index (κ1) is 10.1. The minimum absolute atomic E-state index is 0.0218. The molecule has 0 fully saturated rings. The summed E-state index contributed by atoms with van der Waals surface area (Å²) in [5.74, 6) is 0.471.